The van der Waals surface area contributed by atoms with E-state index in [2.05, 4.69) is 5.16 Å². The lowest BCUT2D eigenvalue weighted by Gasteiger charge is -2.35. The number of carbonyl (C=O) groups excluding carboxylic acids is 1. The summed E-state index contributed by atoms with van der Waals surface area (Å²) in [5.41, 5.74) is 1.14. The molecular weight excluding hydrogens is 190 g/mol. The van der Waals surface area contributed by atoms with Gasteiger partial charge in [-0.15, -0.1) is 0 Å². The summed E-state index contributed by atoms with van der Waals surface area (Å²) in [6, 6.07) is 0. The van der Waals surface area contributed by atoms with Crippen LogP contribution in [0.3, 0.4) is 0 Å². The van der Waals surface area contributed by atoms with Crippen molar-refractivity contribution in [3.63, 3.8) is 0 Å². The van der Waals surface area contributed by atoms with E-state index < -0.39 is 0 Å². The molecule has 2 atom stereocenters. The van der Waals surface area contributed by atoms with Crippen molar-refractivity contribution in [1.29, 1.82) is 0 Å². The van der Waals surface area contributed by atoms with E-state index in [1.807, 2.05) is 0 Å². The highest BCUT2D eigenvalue weighted by molar-refractivity contribution is 5.87. The van der Waals surface area contributed by atoms with E-state index >= 15 is 0 Å². The number of hydrogen-bond acceptors (Lipinski definition) is 3. The van der Waals surface area contributed by atoms with Gasteiger partial charge in [0.25, 0.3) is 0 Å². The fourth-order valence-electron chi connectivity index (χ4n) is 2.96. The van der Waals surface area contributed by atoms with Crippen molar-refractivity contribution >= 4 is 11.7 Å². The first-order chi connectivity index (χ1) is 7.27. The maximum atomic E-state index is 10.7. The van der Waals surface area contributed by atoms with Gasteiger partial charge in [0.15, 0.2) is 0 Å². The minimum atomic E-state index is -0.305. The molecule has 3 nitrogen and oxygen atoms in total. The topological polar surface area (TPSA) is 38.7 Å². The molecule has 84 valence electrons. The van der Waals surface area contributed by atoms with Gasteiger partial charge >= 0.3 is 5.97 Å². The molecule has 2 unspecified atom stereocenters. The van der Waals surface area contributed by atoms with Crippen LogP contribution in [0.25, 0.3) is 0 Å². The molecule has 3 heteroatoms. The van der Waals surface area contributed by atoms with Crippen LogP contribution >= 0.6 is 0 Å². The van der Waals surface area contributed by atoms with Gasteiger partial charge in [0.05, 0.1) is 5.71 Å². The molecule has 0 spiro atoms. The predicted molar refractivity (Wildman–Crippen MR) is 58.5 cm³/mol. The van der Waals surface area contributed by atoms with E-state index in [1.54, 1.807) is 0 Å². The van der Waals surface area contributed by atoms with Gasteiger partial charge < -0.3 is 4.84 Å². The Bertz CT molecular complexity index is 271. The van der Waals surface area contributed by atoms with E-state index in [0.717, 1.165) is 18.1 Å². The Labute approximate surface area is 90.9 Å². The Hall–Kier alpha value is -0.860. The molecule has 15 heavy (non-hydrogen) atoms. The number of oxime groups is 1. The first-order valence-corrected chi connectivity index (χ1v) is 6.01. The van der Waals surface area contributed by atoms with Gasteiger partial charge in [-0.2, -0.15) is 0 Å². The minimum Gasteiger partial charge on any atom is -0.319 e. The Morgan fingerprint density at radius 1 is 1.27 bits per heavy atom. The van der Waals surface area contributed by atoms with Gasteiger partial charge in [-0.3, -0.25) is 0 Å². The van der Waals surface area contributed by atoms with Crippen LogP contribution in [0.15, 0.2) is 5.16 Å². The number of nitrogens with zero attached hydrogens (tertiary/aromatic N) is 1. The van der Waals surface area contributed by atoms with E-state index in [1.165, 1.54) is 45.4 Å². The largest absolute Gasteiger partial charge is 0.331 e. The summed E-state index contributed by atoms with van der Waals surface area (Å²) in [4.78, 5) is 15.5. The molecule has 0 saturated heterocycles. The van der Waals surface area contributed by atoms with Crippen LogP contribution in [0, 0.1) is 11.8 Å². The number of fused-ring (bicyclic) bond motifs is 1. The van der Waals surface area contributed by atoms with Crippen molar-refractivity contribution in [2.75, 3.05) is 0 Å². The summed E-state index contributed by atoms with van der Waals surface area (Å²) in [5.74, 6) is 1.11. The Balaban J connectivity index is 2.03. The molecule has 0 aromatic carbocycles. The van der Waals surface area contributed by atoms with Crippen LogP contribution in [-0.2, 0) is 9.63 Å². The van der Waals surface area contributed by atoms with Crippen LogP contribution in [-0.4, -0.2) is 11.7 Å². The van der Waals surface area contributed by atoms with Crippen LogP contribution in [0.4, 0.5) is 0 Å². The third kappa shape index (κ3) is 2.58. The van der Waals surface area contributed by atoms with Crippen molar-refractivity contribution in [1.82, 2.24) is 0 Å². The van der Waals surface area contributed by atoms with E-state index in [0.29, 0.717) is 5.92 Å². The summed E-state index contributed by atoms with van der Waals surface area (Å²) >= 11 is 0. The van der Waals surface area contributed by atoms with Gasteiger partial charge in [0.1, 0.15) is 0 Å². The average Bonchev–Trinajstić information content (AvgIpc) is 2.26. The second-order valence-corrected chi connectivity index (χ2v) is 4.71. The van der Waals surface area contributed by atoms with Gasteiger partial charge in [-0.05, 0) is 38.0 Å². The first-order valence-electron chi connectivity index (χ1n) is 6.01. The number of carbonyl (C=O) groups is 1. The second kappa shape index (κ2) is 4.77. The molecule has 0 radical (unpaired) electrons. The normalized spacial score (nSPS) is 33.5. The molecular formula is C12H19NO2. The Kier molecular flexibility index (Phi) is 3.39. The lowest BCUT2D eigenvalue weighted by atomic mass is 9.70. The zero-order valence-corrected chi connectivity index (χ0v) is 9.37. The monoisotopic (exact) mass is 209 g/mol. The summed E-state index contributed by atoms with van der Waals surface area (Å²) in [7, 11) is 0. The molecule has 0 N–H and O–H groups in total. The van der Waals surface area contributed by atoms with Gasteiger partial charge in [-0.25, -0.2) is 4.79 Å². The fraction of sp³-hybridized carbons (Fsp3) is 0.833. The van der Waals surface area contributed by atoms with Crippen molar-refractivity contribution < 1.29 is 9.63 Å². The standard InChI is InChI=1S/C12H19NO2/c1-9(14)15-13-12-8-4-6-10-5-2-3-7-11(10)12/h10-11H,2-8H2,1H3/b13-12+. The molecule has 2 rings (SSSR count). The molecule has 0 aliphatic heterocycles. The third-order valence-corrected chi connectivity index (χ3v) is 3.64. The highest BCUT2D eigenvalue weighted by Gasteiger charge is 2.32. The van der Waals surface area contributed by atoms with Gasteiger partial charge in [0.2, 0.25) is 0 Å². The zero-order valence-electron chi connectivity index (χ0n) is 9.37. The molecule has 0 amide bonds. The van der Waals surface area contributed by atoms with Crippen molar-refractivity contribution in [2.24, 2.45) is 17.0 Å². The van der Waals surface area contributed by atoms with Crippen LogP contribution in [0.2, 0.25) is 0 Å². The zero-order chi connectivity index (χ0) is 10.7. The highest BCUT2D eigenvalue weighted by Crippen LogP contribution is 2.38. The second-order valence-electron chi connectivity index (χ2n) is 4.71. The summed E-state index contributed by atoms with van der Waals surface area (Å²) in [6.07, 6.45) is 8.82. The predicted octanol–water partition coefficient (Wildman–Crippen LogP) is 2.90. The molecule has 2 aliphatic rings. The average molecular weight is 209 g/mol. The first kappa shape index (κ1) is 10.7. The SMILES string of the molecule is CC(=O)O/N=C1\CCCC2CCCCC12. The fourth-order valence-corrected chi connectivity index (χ4v) is 2.96. The molecule has 0 aromatic heterocycles. The summed E-state index contributed by atoms with van der Waals surface area (Å²) < 4.78 is 0. The third-order valence-electron chi connectivity index (χ3n) is 3.64. The smallest absolute Gasteiger partial charge is 0.319 e. The molecule has 0 bridgehead atoms. The molecule has 2 aliphatic carbocycles. The van der Waals surface area contributed by atoms with Crippen LogP contribution in [0.5, 0.6) is 0 Å². The summed E-state index contributed by atoms with van der Waals surface area (Å²) in [5, 5.41) is 4.03. The van der Waals surface area contributed by atoms with Crippen molar-refractivity contribution in [3.05, 3.63) is 0 Å². The number of hydrogen-bond donors (Lipinski definition) is 0. The minimum absolute atomic E-state index is 0.305. The number of rotatable bonds is 1. The van der Waals surface area contributed by atoms with E-state index in [-0.39, 0.29) is 5.97 Å². The Morgan fingerprint density at radius 2 is 2.00 bits per heavy atom. The Morgan fingerprint density at radius 3 is 2.80 bits per heavy atom. The van der Waals surface area contributed by atoms with Gasteiger partial charge in [-0.1, -0.05) is 18.0 Å². The molecule has 2 fully saturated rings. The molecule has 0 heterocycles. The van der Waals surface area contributed by atoms with E-state index in [4.69, 9.17) is 4.84 Å². The maximum absolute atomic E-state index is 10.7. The summed E-state index contributed by atoms with van der Waals surface area (Å²) in [6.45, 7) is 1.41. The molecule has 0 aromatic rings. The van der Waals surface area contributed by atoms with Crippen LogP contribution in [0.1, 0.15) is 51.9 Å². The quantitative estimate of drug-likeness (QED) is 0.492. The maximum Gasteiger partial charge on any atom is 0.331 e. The highest BCUT2D eigenvalue weighted by atomic mass is 16.7. The van der Waals surface area contributed by atoms with E-state index in [9.17, 15) is 4.79 Å². The molecule has 2 saturated carbocycles. The van der Waals surface area contributed by atoms with Crippen molar-refractivity contribution in [2.45, 2.75) is 51.9 Å². The van der Waals surface area contributed by atoms with Gasteiger partial charge in [0, 0.05) is 12.8 Å². The van der Waals surface area contributed by atoms with Crippen LogP contribution < -0.4 is 0 Å². The lowest BCUT2D eigenvalue weighted by Crippen LogP contribution is -2.31. The van der Waals surface area contributed by atoms with Crippen molar-refractivity contribution in [3.8, 4) is 0 Å². The lowest BCUT2D eigenvalue weighted by molar-refractivity contribution is -0.141.